The molecule has 2 amide bonds. The summed E-state index contributed by atoms with van der Waals surface area (Å²) in [5, 5.41) is 19.8. The number of hydrogen-bond acceptors (Lipinski definition) is 4. The standard InChI is InChI=1S/C10H20N2O4S/c1-4-7(6-17-3)12(2)10(16)11-8(5-13)9(14)15/h7-8,13H,4-6H2,1-3H3,(H,11,16)(H,14,15)/t7?,8-/m0/s1. The molecule has 0 aromatic heterocycles. The molecule has 0 spiro atoms. The average Bonchev–Trinajstić information content (AvgIpc) is 2.31. The van der Waals surface area contributed by atoms with Crippen LogP contribution in [0.2, 0.25) is 0 Å². The van der Waals surface area contributed by atoms with Crippen molar-refractivity contribution in [3.05, 3.63) is 0 Å². The Bertz CT molecular complexity index is 263. The first kappa shape index (κ1) is 16.1. The molecule has 1 unspecified atom stereocenters. The molecule has 6 nitrogen and oxygen atoms in total. The van der Waals surface area contributed by atoms with E-state index in [1.807, 2.05) is 13.2 Å². The number of nitrogens with zero attached hydrogens (tertiary/aromatic N) is 1. The summed E-state index contributed by atoms with van der Waals surface area (Å²) in [7, 11) is 1.62. The zero-order valence-electron chi connectivity index (χ0n) is 10.3. The minimum atomic E-state index is -1.25. The third kappa shape index (κ3) is 5.27. The van der Waals surface area contributed by atoms with Gasteiger partial charge in [0.05, 0.1) is 6.61 Å². The highest BCUT2D eigenvalue weighted by Gasteiger charge is 2.23. The lowest BCUT2D eigenvalue weighted by Gasteiger charge is -2.28. The topological polar surface area (TPSA) is 89.9 Å². The summed E-state index contributed by atoms with van der Waals surface area (Å²) in [6, 6.07) is -1.68. The van der Waals surface area contributed by atoms with Crippen LogP contribution < -0.4 is 5.32 Å². The molecule has 0 radical (unpaired) electrons. The van der Waals surface area contributed by atoms with Gasteiger partial charge in [-0.3, -0.25) is 0 Å². The van der Waals surface area contributed by atoms with Gasteiger partial charge in [-0.15, -0.1) is 0 Å². The van der Waals surface area contributed by atoms with Gasteiger partial charge in [0.25, 0.3) is 0 Å². The molecule has 0 saturated carbocycles. The highest BCUT2D eigenvalue weighted by atomic mass is 32.2. The number of aliphatic hydroxyl groups excluding tert-OH is 1. The molecule has 0 aliphatic carbocycles. The van der Waals surface area contributed by atoms with Crippen LogP contribution in [0, 0.1) is 0 Å². The Balaban J connectivity index is 4.42. The van der Waals surface area contributed by atoms with E-state index in [4.69, 9.17) is 10.2 Å². The first-order chi connectivity index (χ1) is 7.97. The Kier molecular flexibility index (Phi) is 7.73. The molecule has 0 aliphatic heterocycles. The van der Waals surface area contributed by atoms with E-state index >= 15 is 0 Å². The van der Waals surface area contributed by atoms with Crippen molar-refractivity contribution in [3.8, 4) is 0 Å². The molecule has 0 aromatic carbocycles. The van der Waals surface area contributed by atoms with Crippen molar-refractivity contribution in [1.82, 2.24) is 10.2 Å². The SMILES string of the molecule is CCC(CSC)N(C)C(=O)N[C@@H](CO)C(=O)O. The first-order valence-corrected chi connectivity index (χ1v) is 6.73. The molecule has 17 heavy (non-hydrogen) atoms. The smallest absolute Gasteiger partial charge is 0.328 e. The predicted octanol–water partition coefficient (Wildman–Crippen LogP) is 0.215. The fraction of sp³-hybridized carbons (Fsp3) is 0.800. The molecule has 0 bridgehead atoms. The maximum Gasteiger partial charge on any atom is 0.328 e. The number of carboxylic acid groups (broad SMARTS) is 1. The van der Waals surface area contributed by atoms with Gasteiger partial charge in [0.1, 0.15) is 0 Å². The summed E-state index contributed by atoms with van der Waals surface area (Å²) in [6.45, 7) is 1.35. The van der Waals surface area contributed by atoms with Crippen molar-refractivity contribution in [2.75, 3.05) is 25.7 Å². The van der Waals surface area contributed by atoms with Gasteiger partial charge in [-0.1, -0.05) is 6.92 Å². The van der Waals surface area contributed by atoms with Crippen molar-refractivity contribution in [2.24, 2.45) is 0 Å². The van der Waals surface area contributed by atoms with E-state index in [0.717, 1.165) is 12.2 Å². The second-order valence-electron chi connectivity index (χ2n) is 3.65. The molecule has 0 aliphatic rings. The zero-order valence-corrected chi connectivity index (χ0v) is 11.2. The molecule has 0 aromatic rings. The fourth-order valence-electron chi connectivity index (χ4n) is 1.30. The number of carbonyl (C=O) groups is 2. The van der Waals surface area contributed by atoms with E-state index in [1.165, 1.54) is 4.90 Å². The lowest BCUT2D eigenvalue weighted by molar-refractivity contribution is -0.140. The molecule has 0 rings (SSSR count). The largest absolute Gasteiger partial charge is 0.480 e. The third-order valence-corrected chi connectivity index (χ3v) is 3.19. The number of nitrogens with one attached hydrogen (secondary N) is 1. The van der Waals surface area contributed by atoms with Crippen molar-refractivity contribution >= 4 is 23.8 Å². The Morgan fingerprint density at radius 3 is 2.41 bits per heavy atom. The Hall–Kier alpha value is -0.950. The van der Waals surface area contributed by atoms with Gasteiger partial charge in [-0.05, 0) is 12.7 Å². The van der Waals surface area contributed by atoms with E-state index in [9.17, 15) is 9.59 Å². The first-order valence-electron chi connectivity index (χ1n) is 5.33. The number of urea groups is 1. The Morgan fingerprint density at radius 2 is 2.06 bits per heavy atom. The van der Waals surface area contributed by atoms with Crippen LogP contribution in [-0.4, -0.2) is 64.9 Å². The van der Waals surface area contributed by atoms with Crippen LogP contribution in [0.3, 0.4) is 0 Å². The van der Waals surface area contributed by atoms with Gasteiger partial charge in [-0.2, -0.15) is 11.8 Å². The minimum Gasteiger partial charge on any atom is -0.480 e. The van der Waals surface area contributed by atoms with Gasteiger partial charge in [0.15, 0.2) is 6.04 Å². The summed E-state index contributed by atoms with van der Waals surface area (Å²) in [6.07, 6.45) is 2.74. The molecule has 3 N–H and O–H groups in total. The second kappa shape index (κ2) is 8.19. The second-order valence-corrected chi connectivity index (χ2v) is 4.56. The number of aliphatic hydroxyl groups is 1. The summed E-state index contributed by atoms with van der Waals surface area (Å²) < 4.78 is 0. The van der Waals surface area contributed by atoms with Gasteiger partial charge in [0, 0.05) is 18.8 Å². The summed E-state index contributed by atoms with van der Waals surface area (Å²) >= 11 is 1.62. The number of thioether (sulfide) groups is 1. The third-order valence-electron chi connectivity index (χ3n) is 2.48. The lowest BCUT2D eigenvalue weighted by Crippen LogP contribution is -2.51. The number of aliphatic carboxylic acids is 1. The minimum absolute atomic E-state index is 0.0538. The van der Waals surface area contributed by atoms with E-state index in [1.54, 1.807) is 18.8 Å². The van der Waals surface area contributed by atoms with Crippen molar-refractivity contribution in [1.29, 1.82) is 0 Å². The molecule has 2 atom stereocenters. The molecule has 0 heterocycles. The van der Waals surface area contributed by atoms with E-state index < -0.39 is 24.6 Å². The average molecular weight is 264 g/mol. The van der Waals surface area contributed by atoms with E-state index in [2.05, 4.69) is 5.32 Å². The maximum absolute atomic E-state index is 11.7. The highest BCUT2D eigenvalue weighted by molar-refractivity contribution is 7.98. The van der Waals surface area contributed by atoms with E-state index in [0.29, 0.717) is 0 Å². The fourth-order valence-corrected chi connectivity index (χ4v) is 2.14. The van der Waals surface area contributed by atoms with Gasteiger partial charge in [0.2, 0.25) is 0 Å². The predicted molar refractivity (Wildman–Crippen MR) is 67.3 cm³/mol. The maximum atomic E-state index is 11.7. The number of carbonyl (C=O) groups excluding carboxylic acids is 1. The Morgan fingerprint density at radius 1 is 1.47 bits per heavy atom. The number of rotatable bonds is 7. The molecule has 100 valence electrons. The van der Waals surface area contributed by atoms with Crippen molar-refractivity contribution < 1.29 is 19.8 Å². The van der Waals surface area contributed by atoms with Crippen LogP contribution in [0.1, 0.15) is 13.3 Å². The monoisotopic (exact) mass is 264 g/mol. The Labute approximate surface area is 105 Å². The van der Waals surface area contributed by atoms with Crippen LogP contribution in [0.4, 0.5) is 4.79 Å². The van der Waals surface area contributed by atoms with Crippen molar-refractivity contribution in [3.63, 3.8) is 0 Å². The normalized spacial score (nSPS) is 13.9. The quantitative estimate of drug-likeness (QED) is 0.612. The van der Waals surface area contributed by atoms with Gasteiger partial charge < -0.3 is 20.4 Å². The summed E-state index contributed by atoms with van der Waals surface area (Å²) in [5.41, 5.74) is 0. The molecule has 7 heteroatoms. The zero-order chi connectivity index (χ0) is 13.4. The number of amides is 2. The molecular weight excluding hydrogens is 244 g/mol. The molecular formula is C10H20N2O4S. The lowest BCUT2D eigenvalue weighted by atomic mass is 10.2. The summed E-state index contributed by atoms with van der Waals surface area (Å²) in [4.78, 5) is 23.9. The summed E-state index contributed by atoms with van der Waals surface area (Å²) in [5.74, 6) is -0.454. The van der Waals surface area contributed by atoms with Crippen LogP contribution in [0.5, 0.6) is 0 Å². The van der Waals surface area contributed by atoms with Gasteiger partial charge >= 0.3 is 12.0 Å². The van der Waals surface area contributed by atoms with Crippen LogP contribution in [0.25, 0.3) is 0 Å². The number of carboxylic acids is 1. The number of hydrogen-bond donors (Lipinski definition) is 3. The molecule has 0 fully saturated rings. The van der Waals surface area contributed by atoms with Crippen LogP contribution >= 0.6 is 11.8 Å². The highest BCUT2D eigenvalue weighted by Crippen LogP contribution is 2.08. The molecule has 0 saturated heterocycles. The van der Waals surface area contributed by atoms with Crippen LogP contribution in [0.15, 0.2) is 0 Å². The van der Waals surface area contributed by atoms with Gasteiger partial charge in [-0.25, -0.2) is 9.59 Å². The van der Waals surface area contributed by atoms with Crippen LogP contribution in [-0.2, 0) is 4.79 Å². The van der Waals surface area contributed by atoms with Crippen molar-refractivity contribution in [2.45, 2.75) is 25.4 Å². The van der Waals surface area contributed by atoms with E-state index in [-0.39, 0.29) is 6.04 Å².